The lowest BCUT2D eigenvalue weighted by Crippen LogP contribution is -2.18. The van der Waals surface area contributed by atoms with Crippen molar-refractivity contribution in [1.29, 1.82) is 0 Å². The molecule has 2 N–H and O–H groups in total. The van der Waals surface area contributed by atoms with Crippen LogP contribution in [0.4, 0.5) is 0 Å². The van der Waals surface area contributed by atoms with Crippen LogP contribution in [0, 0.1) is 0 Å². The lowest BCUT2D eigenvalue weighted by molar-refractivity contribution is 0.441. The summed E-state index contributed by atoms with van der Waals surface area (Å²) >= 11 is 0. The molecule has 84 valence electrons. The van der Waals surface area contributed by atoms with E-state index in [0.717, 1.165) is 29.5 Å². The second-order valence-corrected chi connectivity index (χ2v) is 5.09. The fourth-order valence-electron chi connectivity index (χ4n) is 2.11. The van der Waals surface area contributed by atoms with Crippen molar-refractivity contribution >= 4 is 11.0 Å². The molecule has 1 heterocycles. The minimum absolute atomic E-state index is 0.0836. The number of benzene rings is 1. The van der Waals surface area contributed by atoms with Gasteiger partial charge in [-0.3, -0.25) is 0 Å². The molecule has 1 aliphatic carbocycles. The Hall–Kier alpha value is -1.35. The van der Waals surface area contributed by atoms with Crippen LogP contribution in [0.25, 0.3) is 11.0 Å². The van der Waals surface area contributed by atoms with Gasteiger partial charge in [0.25, 0.3) is 0 Å². The van der Waals surface area contributed by atoms with Crippen molar-refractivity contribution in [2.45, 2.75) is 38.1 Å². The van der Waals surface area contributed by atoms with Crippen molar-refractivity contribution in [1.82, 2.24) is 5.16 Å². The van der Waals surface area contributed by atoms with Crippen molar-refractivity contribution < 1.29 is 4.52 Å². The van der Waals surface area contributed by atoms with E-state index >= 15 is 0 Å². The van der Waals surface area contributed by atoms with E-state index in [1.807, 2.05) is 6.07 Å². The second-order valence-electron chi connectivity index (χ2n) is 5.09. The molecule has 0 unspecified atom stereocenters. The van der Waals surface area contributed by atoms with E-state index in [0.29, 0.717) is 5.92 Å². The lowest BCUT2D eigenvalue weighted by atomic mass is 10.00. The Labute approximate surface area is 94.6 Å². The molecule has 0 atom stereocenters. The average molecular weight is 216 g/mol. The fraction of sp³-hybridized carbons (Fsp3) is 0.462. The molecule has 1 fully saturated rings. The number of fused-ring (bicyclic) bond motifs is 1. The fourth-order valence-corrected chi connectivity index (χ4v) is 2.11. The van der Waals surface area contributed by atoms with Crippen molar-refractivity contribution in [2.75, 3.05) is 0 Å². The van der Waals surface area contributed by atoms with Crippen LogP contribution in [0.3, 0.4) is 0 Å². The van der Waals surface area contributed by atoms with Crippen LogP contribution in [0.5, 0.6) is 0 Å². The molecule has 1 aromatic heterocycles. The zero-order valence-electron chi connectivity index (χ0n) is 9.66. The minimum atomic E-state index is -0.0836. The average Bonchev–Trinajstić information content (AvgIpc) is 2.87. The summed E-state index contributed by atoms with van der Waals surface area (Å²) in [5.74, 6) is 0.379. The minimum Gasteiger partial charge on any atom is -0.356 e. The van der Waals surface area contributed by atoms with Crippen LogP contribution in [-0.4, -0.2) is 5.16 Å². The predicted octanol–water partition coefficient (Wildman–Crippen LogP) is 2.90. The lowest BCUT2D eigenvalue weighted by Gasteiger charge is -2.08. The third-order valence-electron chi connectivity index (χ3n) is 3.41. The maximum absolute atomic E-state index is 6.20. The zero-order valence-corrected chi connectivity index (χ0v) is 9.66. The highest BCUT2D eigenvalue weighted by atomic mass is 16.5. The topological polar surface area (TPSA) is 52.0 Å². The number of nitrogens with zero attached hydrogens (tertiary/aromatic N) is 1. The molecule has 3 rings (SSSR count). The maximum atomic E-state index is 6.20. The Balaban J connectivity index is 2.18. The summed E-state index contributed by atoms with van der Waals surface area (Å²) in [6, 6.07) is 6.19. The first-order valence-electron chi connectivity index (χ1n) is 5.79. The molecule has 3 nitrogen and oxygen atoms in total. The molecule has 0 spiro atoms. The number of hydrogen-bond donors (Lipinski definition) is 1. The normalized spacial score (nSPS) is 18.2. The number of nitrogens with two attached hydrogens (primary N) is 1. The number of hydrogen-bond acceptors (Lipinski definition) is 3. The third-order valence-corrected chi connectivity index (χ3v) is 3.41. The van der Waals surface area contributed by atoms with E-state index in [9.17, 15) is 0 Å². The highest BCUT2D eigenvalue weighted by Gasteiger charge is 2.40. The zero-order chi connectivity index (χ0) is 11.3. The van der Waals surface area contributed by atoms with Gasteiger partial charge in [0.2, 0.25) is 0 Å². The summed E-state index contributed by atoms with van der Waals surface area (Å²) in [7, 11) is 0. The van der Waals surface area contributed by atoms with Gasteiger partial charge in [-0.05, 0) is 36.5 Å². The van der Waals surface area contributed by atoms with Crippen molar-refractivity contribution in [3.05, 3.63) is 29.5 Å². The summed E-state index contributed by atoms with van der Waals surface area (Å²) in [5, 5.41) is 5.24. The van der Waals surface area contributed by atoms with Crippen molar-refractivity contribution in [3.63, 3.8) is 0 Å². The highest BCUT2D eigenvalue weighted by molar-refractivity contribution is 5.81. The Morgan fingerprint density at radius 3 is 2.75 bits per heavy atom. The quantitative estimate of drug-likeness (QED) is 0.839. The van der Waals surface area contributed by atoms with Gasteiger partial charge in [-0.15, -0.1) is 0 Å². The van der Waals surface area contributed by atoms with Gasteiger partial charge in [-0.1, -0.05) is 25.1 Å². The molecule has 0 saturated heterocycles. The Morgan fingerprint density at radius 2 is 2.12 bits per heavy atom. The van der Waals surface area contributed by atoms with E-state index in [1.54, 1.807) is 0 Å². The molecule has 2 aromatic rings. The van der Waals surface area contributed by atoms with E-state index < -0.39 is 0 Å². The van der Waals surface area contributed by atoms with Gasteiger partial charge >= 0.3 is 0 Å². The van der Waals surface area contributed by atoms with Gasteiger partial charge in [-0.2, -0.15) is 0 Å². The van der Waals surface area contributed by atoms with Gasteiger partial charge in [-0.25, -0.2) is 0 Å². The molecule has 0 amide bonds. The molecule has 0 aliphatic heterocycles. The smallest absolute Gasteiger partial charge is 0.167 e. The number of rotatable bonds is 2. The van der Waals surface area contributed by atoms with Crippen molar-refractivity contribution in [2.24, 2.45) is 5.73 Å². The molecule has 1 aromatic carbocycles. The first kappa shape index (κ1) is 9.85. The van der Waals surface area contributed by atoms with Crippen LogP contribution in [0.15, 0.2) is 22.7 Å². The molecule has 1 aliphatic rings. The number of aromatic nitrogens is 1. The first-order chi connectivity index (χ1) is 7.60. The standard InChI is InChI=1S/C13H16N2O/c1-8(2)12-10-7-9(13(14)5-6-13)3-4-11(10)16-15-12/h3-4,7-8H,5-6,14H2,1-2H3. The van der Waals surface area contributed by atoms with E-state index in [1.165, 1.54) is 5.56 Å². The third kappa shape index (κ3) is 1.35. The van der Waals surface area contributed by atoms with Gasteiger partial charge in [0, 0.05) is 10.9 Å². The second kappa shape index (κ2) is 3.08. The molecule has 0 radical (unpaired) electrons. The summed E-state index contributed by atoms with van der Waals surface area (Å²) in [6.45, 7) is 4.25. The molecular formula is C13H16N2O. The molecule has 0 bridgehead atoms. The Morgan fingerprint density at radius 1 is 1.38 bits per heavy atom. The predicted molar refractivity (Wildman–Crippen MR) is 63.2 cm³/mol. The highest BCUT2D eigenvalue weighted by Crippen LogP contribution is 2.43. The Bertz CT molecular complexity index is 538. The van der Waals surface area contributed by atoms with Crippen LogP contribution in [0.1, 0.15) is 43.9 Å². The molecule has 1 saturated carbocycles. The first-order valence-corrected chi connectivity index (χ1v) is 5.79. The molecule has 16 heavy (non-hydrogen) atoms. The van der Waals surface area contributed by atoms with Gasteiger partial charge in [0.15, 0.2) is 5.58 Å². The summed E-state index contributed by atoms with van der Waals surface area (Å²) in [5.41, 5.74) is 9.22. The van der Waals surface area contributed by atoms with Gasteiger partial charge < -0.3 is 10.3 Å². The van der Waals surface area contributed by atoms with E-state index in [-0.39, 0.29) is 5.54 Å². The van der Waals surface area contributed by atoms with E-state index in [4.69, 9.17) is 10.3 Å². The SMILES string of the molecule is CC(C)c1noc2ccc(C3(N)CC3)cc12. The van der Waals surface area contributed by atoms with Crippen molar-refractivity contribution in [3.8, 4) is 0 Å². The van der Waals surface area contributed by atoms with Crippen LogP contribution in [0.2, 0.25) is 0 Å². The van der Waals surface area contributed by atoms with Gasteiger partial charge in [0.1, 0.15) is 0 Å². The van der Waals surface area contributed by atoms with Crippen LogP contribution in [-0.2, 0) is 5.54 Å². The monoisotopic (exact) mass is 216 g/mol. The molecular weight excluding hydrogens is 200 g/mol. The summed E-state index contributed by atoms with van der Waals surface area (Å²) < 4.78 is 5.31. The molecule has 3 heteroatoms. The maximum Gasteiger partial charge on any atom is 0.167 e. The summed E-state index contributed by atoms with van der Waals surface area (Å²) in [6.07, 6.45) is 2.17. The summed E-state index contributed by atoms with van der Waals surface area (Å²) in [4.78, 5) is 0. The largest absolute Gasteiger partial charge is 0.356 e. The van der Waals surface area contributed by atoms with Gasteiger partial charge in [0.05, 0.1) is 5.69 Å². The van der Waals surface area contributed by atoms with Crippen LogP contribution < -0.4 is 5.73 Å². The Kier molecular flexibility index (Phi) is 1.89. The van der Waals surface area contributed by atoms with E-state index in [2.05, 4.69) is 31.1 Å². The van der Waals surface area contributed by atoms with Crippen LogP contribution >= 0.6 is 0 Å².